The molecule has 2 aromatic heterocycles. The first-order valence-corrected chi connectivity index (χ1v) is 11.2. The number of hydrogen-bond donors (Lipinski definition) is 2. The molecule has 176 valence electrons. The van der Waals surface area contributed by atoms with Gasteiger partial charge in [-0.3, -0.25) is 9.59 Å². The number of rotatable bonds is 11. The lowest BCUT2D eigenvalue weighted by molar-refractivity contribution is -0.119. The van der Waals surface area contributed by atoms with Gasteiger partial charge in [-0.15, -0.1) is 0 Å². The van der Waals surface area contributed by atoms with Gasteiger partial charge in [-0.05, 0) is 30.5 Å². The van der Waals surface area contributed by atoms with Crippen molar-refractivity contribution >= 4 is 28.5 Å². The molecule has 2 amide bonds. The Balaban J connectivity index is 1.51. The van der Waals surface area contributed by atoms with E-state index in [1.807, 2.05) is 33.5 Å². The lowest BCUT2D eigenvalue weighted by Crippen LogP contribution is -2.25. The summed E-state index contributed by atoms with van der Waals surface area (Å²) < 4.78 is 8.92. The predicted octanol–water partition coefficient (Wildman–Crippen LogP) is 2.88. The number of nitrogens with zero attached hydrogens (tertiary/aromatic N) is 4. The summed E-state index contributed by atoms with van der Waals surface area (Å²) in [6.07, 6.45) is 8.70. The maximum Gasteiger partial charge on any atom is 0.251 e. The zero-order valence-corrected chi connectivity index (χ0v) is 19.1. The van der Waals surface area contributed by atoms with Crippen LogP contribution in [0.5, 0.6) is 0 Å². The lowest BCUT2D eigenvalue weighted by Gasteiger charge is -2.13. The number of amides is 2. The lowest BCUT2D eigenvalue weighted by atomic mass is 10.1. The van der Waals surface area contributed by atoms with Crippen LogP contribution in [0.25, 0.3) is 11.0 Å². The Kier molecular flexibility index (Phi) is 7.67. The fourth-order valence-electron chi connectivity index (χ4n) is 3.80. The van der Waals surface area contributed by atoms with Gasteiger partial charge in [0.1, 0.15) is 6.61 Å². The van der Waals surface area contributed by atoms with Crippen molar-refractivity contribution in [3.8, 4) is 0 Å². The summed E-state index contributed by atoms with van der Waals surface area (Å²) >= 11 is 0. The topological polar surface area (TPSA) is 103 Å². The normalized spacial score (nSPS) is 11.0. The maximum absolute atomic E-state index is 12.8. The number of fused-ring (bicyclic) bond motifs is 1. The molecule has 0 saturated heterocycles. The molecule has 2 heterocycles. The van der Waals surface area contributed by atoms with E-state index in [4.69, 9.17) is 4.74 Å². The van der Waals surface area contributed by atoms with Gasteiger partial charge in [-0.2, -0.15) is 0 Å². The minimum atomic E-state index is -0.294. The van der Waals surface area contributed by atoms with E-state index in [9.17, 15) is 9.59 Å². The van der Waals surface area contributed by atoms with Crippen LogP contribution in [0.1, 0.15) is 22.3 Å². The fraction of sp³-hybridized carbons (Fsp3) is 0.280. The van der Waals surface area contributed by atoms with E-state index >= 15 is 0 Å². The van der Waals surface area contributed by atoms with Crippen LogP contribution in [0.3, 0.4) is 0 Å². The van der Waals surface area contributed by atoms with Crippen LogP contribution < -0.4 is 10.6 Å². The van der Waals surface area contributed by atoms with E-state index in [1.165, 1.54) is 12.7 Å². The van der Waals surface area contributed by atoms with Gasteiger partial charge in [0, 0.05) is 44.7 Å². The summed E-state index contributed by atoms with van der Waals surface area (Å²) in [7, 11) is 1.47. The molecule has 0 atom stereocenters. The molecule has 0 saturated carbocycles. The monoisotopic (exact) mass is 460 g/mol. The average Bonchev–Trinajstić information content (AvgIpc) is 3.51. The van der Waals surface area contributed by atoms with E-state index in [1.54, 1.807) is 31.0 Å². The second kappa shape index (κ2) is 11.2. The molecule has 0 radical (unpaired) electrons. The van der Waals surface area contributed by atoms with Gasteiger partial charge in [0.05, 0.1) is 29.4 Å². The average molecular weight is 461 g/mol. The number of aryl methyl sites for hydroxylation is 3. The van der Waals surface area contributed by atoms with E-state index in [0.29, 0.717) is 29.9 Å². The highest BCUT2D eigenvalue weighted by Crippen LogP contribution is 2.26. The van der Waals surface area contributed by atoms with Crippen LogP contribution >= 0.6 is 0 Å². The van der Waals surface area contributed by atoms with Crippen LogP contribution in [0.4, 0.5) is 5.69 Å². The Morgan fingerprint density at radius 1 is 1.09 bits per heavy atom. The molecule has 4 rings (SSSR count). The van der Waals surface area contributed by atoms with Crippen LogP contribution in [-0.4, -0.2) is 51.2 Å². The van der Waals surface area contributed by atoms with Crippen molar-refractivity contribution in [2.75, 3.05) is 25.6 Å². The molecule has 0 aliphatic heterocycles. The van der Waals surface area contributed by atoms with Gasteiger partial charge in [0.2, 0.25) is 5.91 Å². The van der Waals surface area contributed by atoms with Crippen molar-refractivity contribution in [1.82, 2.24) is 24.4 Å². The number of carbonyl (C=O) groups is 2. The van der Waals surface area contributed by atoms with Crippen LogP contribution in [0.2, 0.25) is 0 Å². The van der Waals surface area contributed by atoms with Crippen molar-refractivity contribution in [2.24, 2.45) is 0 Å². The number of nitrogens with one attached hydrogen (secondary N) is 2. The molecule has 0 bridgehead atoms. The first-order valence-electron chi connectivity index (χ1n) is 11.2. The number of anilines is 1. The van der Waals surface area contributed by atoms with Crippen molar-refractivity contribution in [3.63, 3.8) is 0 Å². The van der Waals surface area contributed by atoms with Gasteiger partial charge in [-0.1, -0.05) is 30.3 Å². The van der Waals surface area contributed by atoms with Crippen LogP contribution in [0.15, 0.2) is 67.5 Å². The van der Waals surface area contributed by atoms with Crippen molar-refractivity contribution in [1.29, 1.82) is 0 Å². The number of hydrogen-bond acceptors (Lipinski definition) is 5. The standard InChI is InChI=1S/C25H28N6O3/c1-34-16-23(32)29-22-15-20(25(33)27-9-5-11-30-13-10-26-17-30)14-21-24(22)31(18-28-21)12-8-19-6-3-2-4-7-19/h2-4,6-7,10,13-15,17-18H,5,8-9,11-12,16H2,1H3,(H,27,33)(H,29,32). The van der Waals surface area contributed by atoms with E-state index in [0.717, 1.165) is 24.9 Å². The first kappa shape index (κ1) is 23.2. The summed E-state index contributed by atoms with van der Waals surface area (Å²) in [6, 6.07) is 13.6. The molecule has 0 unspecified atom stereocenters. The molecule has 4 aromatic rings. The Bertz CT molecular complexity index is 1230. The van der Waals surface area contributed by atoms with Crippen molar-refractivity contribution < 1.29 is 14.3 Å². The Labute approximate surface area is 197 Å². The number of ether oxygens (including phenoxy) is 1. The summed E-state index contributed by atoms with van der Waals surface area (Å²) in [5.74, 6) is -0.508. The minimum Gasteiger partial charge on any atom is -0.375 e. The van der Waals surface area contributed by atoms with Gasteiger partial charge in [-0.25, -0.2) is 9.97 Å². The minimum absolute atomic E-state index is 0.0790. The smallest absolute Gasteiger partial charge is 0.251 e. The summed E-state index contributed by atoms with van der Waals surface area (Å²) in [5.41, 5.74) is 3.61. The molecule has 0 fully saturated rings. The van der Waals surface area contributed by atoms with Crippen LogP contribution in [-0.2, 0) is 29.0 Å². The van der Waals surface area contributed by atoms with E-state index < -0.39 is 0 Å². The number of methoxy groups -OCH3 is 1. The number of carbonyl (C=O) groups excluding carboxylic acids is 2. The zero-order chi connectivity index (χ0) is 23.8. The van der Waals surface area contributed by atoms with Crippen molar-refractivity contribution in [3.05, 3.63) is 78.6 Å². The number of imidazole rings is 2. The molecule has 9 heteroatoms. The second-order valence-corrected chi connectivity index (χ2v) is 7.96. The molecule has 0 aliphatic carbocycles. The third-order valence-corrected chi connectivity index (χ3v) is 5.45. The fourth-order valence-corrected chi connectivity index (χ4v) is 3.80. The maximum atomic E-state index is 12.8. The van der Waals surface area contributed by atoms with Gasteiger partial charge < -0.3 is 24.5 Å². The highest BCUT2D eigenvalue weighted by Gasteiger charge is 2.16. The van der Waals surface area contributed by atoms with Crippen LogP contribution in [0, 0.1) is 0 Å². The molecule has 0 aliphatic rings. The first-order chi connectivity index (χ1) is 16.6. The van der Waals surface area contributed by atoms with Crippen molar-refractivity contribution in [2.45, 2.75) is 25.9 Å². The highest BCUT2D eigenvalue weighted by atomic mass is 16.5. The SMILES string of the molecule is COCC(=O)Nc1cc(C(=O)NCCCn2ccnc2)cc2ncn(CCc3ccccc3)c12. The van der Waals surface area contributed by atoms with Gasteiger partial charge in [0.15, 0.2) is 0 Å². The Morgan fingerprint density at radius 3 is 2.71 bits per heavy atom. The highest BCUT2D eigenvalue weighted by molar-refractivity contribution is 6.05. The van der Waals surface area contributed by atoms with Gasteiger partial charge >= 0.3 is 0 Å². The third kappa shape index (κ3) is 5.87. The Hall–Kier alpha value is -3.98. The molecule has 9 nitrogen and oxygen atoms in total. The zero-order valence-electron chi connectivity index (χ0n) is 19.1. The number of aromatic nitrogens is 4. The molecule has 2 N–H and O–H groups in total. The van der Waals surface area contributed by atoms with E-state index in [2.05, 4.69) is 32.7 Å². The largest absolute Gasteiger partial charge is 0.375 e. The Morgan fingerprint density at radius 2 is 1.94 bits per heavy atom. The van der Waals surface area contributed by atoms with E-state index in [-0.39, 0.29) is 18.4 Å². The third-order valence-electron chi connectivity index (χ3n) is 5.45. The summed E-state index contributed by atoms with van der Waals surface area (Å²) in [6.45, 7) is 1.90. The predicted molar refractivity (Wildman–Crippen MR) is 130 cm³/mol. The van der Waals surface area contributed by atoms with Gasteiger partial charge in [0.25, 0.3) is 5.91 Å². The summed E-state index contributed by atoms with van der Waals surface area (Å²) in [5, 5.41) is 5.82. The quantitative estimate of drug-likeness (QED) is 0.335. The molecule has 34 heavy (non-hydrogen) atoms. The molecule has 0 spiro atoms. The summed E-state index contributed by atoms with van der Waals surface area (Å²) in [4.78, 5) is 33.7. The molecular formula is C25H28N6O3. The molecule has 2 aromatic carbocycles. The second-order valence-electron chi connectivity index (χ2n) is 7.96. The number of benzene rings is 2. The molecular weight excluding hydrogens is 432 g/mol.